The first kappa shape index (κ1) is 22.2. The SMILES string of the molecule is CN[C@@H](Cc1cccc(C(=O)O)c1)C(=O)OCc1cc(Cl)nc(Cl)c1.Cl. The van der Waals surface area contributed by atoms with Gasteiger partial charge in [-0.05, 0) is 48.9 Å². The number of ether oxygens (including phenoxy) is 1. The number of nitrogens with zero attached hydrogens (tertiary/aromatic N) is 1. The first-order chi connectivity index (χ1) is 11.9. The minimum atomic E-state index is -1.02. The van der Waals surface area contributed by atoms with E-state index in [1.807, 2.05) is 0 Å². The number of rotatable bonds is 7. The number of hydrogen-bond donors (Lipinski definition) is 2. The van der Waals surface area contributed by atoms with E-state index >= 15 is 0 Å². The summed E-state index contributed by atoms with van der Waals surface area (Å²) in [6, 6.07) is 8.93. The molecule has 0 aliphatic heterocycles. The van der Waals surface area contributed by atoms with Crippen molar-refractivity contribution < 1.29 is 19.4 Å². The molecule has 0 bridgehead atoms. The molecule has 2 aromatic rings. The van der Waals surface area contributed by atoms with Gasteiger partial charge in [0.15, 0.2) is 0 Å². The minimum Gasteiger partial charge on any atom is -0.478 e. The van der Waals surface area contributed by atoms with Gasteiger partial charge in [-0.2, -0.15) is 0 Å². The number of carboxylic acids is 1. The lowest BCUT2D eigenvalue weighted by Gasteiger charge is -2.16. The van der Waals surface area contributed by atoms with Crippen molar-refractivity contribution in [3.8, 4) is 0 Å². The van der Waals surface area contributed by atoms with E-state index in [0.717, 1.165) is 0 Å². The number of esters is 1. The third-order valence-electron chi connectivity index (χ3n) is 3.45. The Bertz CT molecular complexity index is 766. The van der Waals surface area contributed by atoms with Crippen molar-refractivity contribution >= 4 is 47.5 Å². The molecule has 0 aliphatic rings. The van der Waals surface area contributed by atoms with Crippen LogP contribution in [0.25, 0.3) is 0 Å². The van der Waals surface area contributed by atoms with E-state index in [0.29, 0.717) is 17.5 Å². The largest absolute Gasteiger partial charge is 0.478 e. The predicted molar refractivity (Wildman–Crippen MR) is 101 cm³/mol. The third-order valence-corrected chi connectivity index (χ3v) is 3.84. The first-order valence-electron chi connectivity index (χ1n) is 7.37. The van der Waals surface area contributed by atoms with Crippen molar-refractivity contribution in [1.29, 1.82) is 0 Å². The molecule has 0 radical (unpaired) electrons. The molecule has 0 saturated heterocycles. The monoisotopic (exact) mass is 418 g/mol. The molecule has 0 unspecified atom stereocenters. The normalized spacial score (nSPS) is 11.3. The Labute approximate surface area is 166 Å². The van der Waals surface area contributed by atoms with Crippen LogP contribution in [0.15, 0.2) is 36.4 Å². The highest BCUT2D eigenvalue weighted by Crippen LogP contribution is 2.16. The standard InChI is InChI=1S/C17H16Cl2N2O4.ClH/c1-20-13(6-10-3-2-4-12(5-10)16(22)23)17(24)25-9-11-7-14(18)21-15(19)8-11;/h2-5,7-8,13,20H,6,9H2,1H3,(H,22,23);1H/t13-;/m0./s1. The van der Waals surface area contributed by atoms with Gasteiger partial charge in [0.1, 0.15) is 23.0 Å². The van der Waals surface area contributed by atoms with E-state index in [1.54, 1.807) is 31.3 Å². The molecule has 1 aromatic heterocycles. The Kier molecular flexibility index (Phi) is 8.81. The number of benzene rings is 1. The molecule has 1 aromatic carbocycles. The van der Waals surface area contributed by atoms with Gasteiger partial charge in [0.2, 0.25) is 0 Å². The highest BCUT2D eigenvalue weighted by atomic mass is 35.5. The first-order valence-corrected chi connectivity index (χ1v) is 8.12. The maximum Gasteiger partial charge on any atom is 0.335 e. The van der Waals surface area contributed by atoms with Gasteiger partial charge in [0, 0.05) is 0 Å². The number of halogens is 3. The van der Waals surface area contributed by atoms with Crippen LogP contribution in [0.2, 0.25) is 10.3 Å². The fraction of sp³-hybridized carbons (Fsp3) is 0.235. The Morgan fingerprint density at radius 2 is 1.85 bits per heavy atom. The number of carbonyl (C=O) groups excluding carboxylic acids is 1. The summed E-state index contributed by atoms with van der Waals surface area (Å²) >= 11 is 11.6. The zero-order valence-electron chi connectivity index (χ0n) is 13.7. The van der Waals surface area contributed by atoms with Gasteiger partial charge in [0.25, 0.3) is 0 Å². The molecule has 0 aliphatic carbocycles. The zero-order valence-corrected chi connectivity index (χ0v) is 16.1. The quantitative estimate of drug-likeness (QED) is 0.528. The van der Waals surface area contributed by atoms with Gasteiger partial charge in [-0.1, -0.05) is 35.3 Å². The molecule has 1 heterocycles. The maximum atomic E-state index is 12.3. The van der Waals surface area contributed by atoms with Crippen molar-refractivity contribution in [3.05, 3.63) is 63.4 Å². The molecule has 0 amide bonds. The van der Waals surface area contributed by atoms with Crippen LogP contribution in [0.4, 0.5) is 0 Å². The van der Waals surface area contributed by atoms with E-state index in [4.69, 9.17) is 33.0 Å². The number of carbonyl (C=O) groups is 2. The van der Waals surface area contributed by atoms with E-state index in [1.165, 1.54) is 12.1 Å². The molecular weight excluding hydrogens is 403 g/mol. The van der Waals surface area contributed by atoms with Crippen molar-refractivity contribution in [2.45, 2.75) is 19.1 Å². The van der Waals surface area contributed by atoms with Crippen molar-refractivity contribution in [2.24, 2.45) is 0 Å². The summed E-state index contributed by atoms with van der Waals surface area (Å²) in [6.45, 7) is 0.00807. The van der Waals surface area contributed by atoms with Crippen LogP contribution in [0.5, 0.6) is 0 Å². The zero-order chi connectivity index (χ0) is 18.4. The maximum absolute atomic E-state index is 12.3. The molecule has 9 heteroatoms. The average Bonchev–Trinajstić information content (AvgIpc) is 2.57. The third kappa shape index (κ3) is 6.46. The number of pyridine rings is 1. The average molecular weight is 420 g/mol. The van der Waals surface area contributed by atoms with Crippen LogP contribution in [-0.2, 0) is 22.6 Å². The number of aromatic carboxylic acids is 1. The summed E-state index contributed by atoms with van der Waals surface area (Å²) in [5, 5.41) is 12.3. The van der Waals surface area contributed by atoms with Gasteiger partial charge < -0.3 is 15.2 Å². The summed E-state index contributed by atoms with van der Waals surface area (Å²) in [6.07, 6.45) is 0.300. The Balaban J connectivity index is 0.00000338. The van der Waals surface area contributed by atoms with E-state index < -0.39 is 18.0 Å². The van der Waals surface area contributed by atoms with Crippen LogP contribution in [0.3, 0.4) is 0 Å². The van der Waals surface area contributed by atoms with Gasteiger partial charge in [-0.15, -0.1) is 12.4 Å². The molecule has 140 valence electrons. The van der Waals surface area contributed by atoms with Gasteiger partial charge >= 0.3 is 11.9 Å². The number of hydrogen-bond acceptors (Lipinski definition) is 5. The van der Waals surface area contributed by atoms with Gasteiger partial charge in [-0.25, -0.2) is 9.78 Å². The van der Waals surface area contributed by atoms with Crippen molar-refractivity contribution in [2.75, 3.05) is 7.05 Å². The fourth-order valence-electron chi connectivity index (χ4n) is 2.22. The molecule has 0 spiro atoms. The Morgan fingerprint density at radius 3 is 2.42 bits per heavy atom. The van der Waals surface area contributed by atoms with E-state index in [2.05, 4.69) is 10.3 Å². The summed E-state index contributed by atoms with van der Waals surface area (Å²) in [7, 11) is 1.63. The van der Waals surface area contributed by atoms with Crippen LogP contribution in [0, 0.1) is 0 Å². The van der Waals surface area contributed by atoms with Crippen LogP contribution >= 0.6 is 35.6 Å². The van der Waals surface area contributed by atoms with Crippen molar-refractivity contribution in [1.82, 2.24) is 10.3 Å². The predicted octanol–water partition coefficient (Wildman–Crippen LogP) is 3.38. The molecule has 0 saturated carbocycles. The second kappa shape index (κ2) is 10.3. The van der Waals surface area contributed by atoms with Crippen LogP contribution in [-0.4, -0.2) is 35.1 Å². The smallest absolute Gasteiger partial charge is 0.335 e. The number of aromatic nitrogens is 1. The molecule has 2 rings (SSSR count). The van der Waals surface area contributed by atoms with Crippen LogP contribution < -0.4 is 5.32 Å². The Morgan fingerprint density at radius 1 is 1.19 bits per heavy atom. The second-order valence-electron chi connectivity index (χ2n) is 5.28. The molecular formula is C17H17Cl3N2O4. The number of nitrogens with one attached hydrogen (secondary N) is 1. The summed E-state index contributed by atoms with van der Waals surface area (Å²) in [4.78, 5) is 27.1. The number of carboxylic acid groups (broad SMARTS) is 1. The second-order valence-corrected chi connectivity index (χ2v) is 6.05. The highest BCUT2D eigenvalue weighted by Gasteiger charge is 2.19. The molecule has 1 atom stereocenters. The minimum absolute atomic E-state index is 0. The lowest BCUT2D eigenvalue weighted by molar-refractivity contribution is -0.147. The summed E-state index contributed by atoms with van der Waals surface area (Å²) < 4.78 is 5.28. The molecule has 6 nitrogen and oxygen atoms in total. The molecule has 0 fully saturated rings. The van der Waals surface area contributed by atoms with Gasteiger partial charge in [0.05, 0.1) is 5.56 Å². The fourth-order valence-corrected chi connectivity index (χ4v) is 2.73. The summed E-state index contributed by atoms with van der Waals surface area (Å²) in [5.41, 5.74) is 1.51. The lowest BCUT2D eigenvalue weighted by Crippen LogP contribution is -2.37. The molecule has 26 heavy (non-hydrogen) atoms. The van der Waals surface area contributed by atoms with Crippen molar-refractivity contribution in [3.63, 3.8) is 0 Å². The topological polar surface area (TPSA) is 88.5 Å². The van der Waals surface area contributed by atoms with E-state index in [-0.39, 0.29) is 34.9 Å². The molecule has 2 N–H and O–H groups in total. The Hall–Kier alpha value is -1.86. The van der Waals surface area contributed by atoms with Gasteiger partial charge in [-0.3, -0.25) is 4.79 Å². The number of likely N-dealkylation sites (N-methyl/N-ethyl adjacent to an activating group) is 1. The summed E-state index contributed by atoms with van der Waals surface area (Å²) in [5.74, 6) is -1.48. The highest BCUT2D eigenvalue weighted by molar-refractivity contribution is 6.32. The van der Waals surface area contributed by atoms with E-state index in [9.17, 15) is 9.59 Å². The van der Waals surface area contributed by atoms with Crippen LogP contribution in [0.1, 0.15) is 21.5 Å². The lowest BCUT2D eigenvalue weighted by atomic mass is 10.0.